The molecule has 0 aliphatic rings. The molecule has 1 heterocycles. The molecule has 0 fully saturated rings. The van der Waals surface area contributed by atoms with Crippen LogP contribution in [0.4, 0.5) is 10.1 Å². The first-order valence-corrected chi connectivity index (χ1v) is 6.75. The maximum absolute atomic E-state index is 13.1. The Morgan fingerprint density at radius 2 is 1.95 bits per heavy atom. The number of nitrogens with zero attached hydrogens (tertiary/aromatic N) is 3. The lowest BCUT2D eigenvalue weighted by Gasteiger charge is -2.03. The Bertz CT molecular complexity index is 819. The summed E-state index contributed by atoms with van der Waals surface area (Å²) in [5.74, 6) is -1.00. The number of para-hydroxylation sites is 1. The van der Waals surface area contributed by atoms with Gasteiger partial charge in [0.2, 0.25) is 0 Å². The molecular weight excluding hydrogens is 307 g/mol. The van der Waals surface area contributed by atoms with Gasteiger partial charge in [-0.15, -0.1) is 5.10 Å². The van der Waals surface area contributed by atoms with Crippen LogP contribution in [0.2, 0.25) is 5.02 Å². The van der Waals surface area contributed by atoms with E-state index in [4.69, 9.17) is 11.6 Å². The number of carbonyl (C=O) groups excluding carboxylic acids is 1. The normalized spacial score (nSPS) is 10.5. The summed E-state index contributed by atoms with van der Waals surface area (Å²) >= 11 is 5.67. The van der Waals surface area contributed by atoms with Crippen molar-refractivity contribution in [3.63, 3.8) is 0 Å². The molecule has 0 saturated carbocycles. The molecule has 0 radical (unpaired) electrons. The zero-order valence-corrected chi connectivity index (χ0v) is 12.0. The molecule has 22 heavy (non-hydrogen) atoms. The number of nitrogens with one attached hydrogen (secondary N) is 1. The molecule has 0 spiro atoms. The van der Waals surface area contributed by atoms with Crippen LogP contribution >= 0.6 is 11.6 Å². The van der Waals surface area contributed by atoms with Gasteiger partial charge in [0.1, 0.15) is 5.82 Å². The van der Waals surface area contributed by atoms with Gasteiger partial charge in [-0.2, -0.15) is 9.90 Å². The lowest BCUT2D eigenvalue weighted by molar-refractivity contribution is 0.102. The summed E-state index contributed by atoms with van der Waals surface area (Å²) in [7, 11) is 0. The van der Waals surface area contributed by atoms with Crippen molar-refractivity contribution in [3.05, 3.63) is 71.3 Å². The molecule has 1 aromatic heterocycles. The van der Waals surface area contributed by atoms with E-state index in [0.717, 1.165) is 5.69 Å². The van der Waals surface area contributed by atoms with Crippen LogP contribution in [0.25, 0.3) is 5.69 Å². The lowest BCUT2D eigenvalue weighted by Crippen LogP contribution is -2.13. The number of hydrogen-bond acceptors (Lipinski definition) is 3. The number of halogens is 2. The zero-order valence-electron chi connectivity index (χ0n) is 11.2. The summed E-state index contributed by atoms with van der Waals surface area (Å²) in [6.07, 6.45) is 1.35. The fourth-order valence-electron chi connectivity index (χ4n) is 1.82. The van der Waals surface area contributed by atoms with Crippen molar-refractivity contribution >= 4 is 23.2 Å². The molecule has 1 N–H and O–H groups in total. The number of anilines is 1. The highest BCUT2D eigenvalue weighted by Crippen LogP contribution is 2.19. The van der Waals surface area contributed by atoms with Gasteiger partial charge in [0, 0.05) is 5.69 Å². The highest BCUT2D eigenvalue weighted by atomic mass is 35.5. The SMILES string of the molecule is O=C(Nc1ccc(F)c(Cl)c1)c1cnn(-c2ccccc2)n1. The van der Waals surface area contributed by atoms with Crippen molar-refractivity contribution in [2.75, 3.05) is 5.32 Å². The number of aromatic nitrogens is 3. The third-order valence-electron chi connectivity index (χ3n) is 2.89. The van der Waals surface area contributed by atoms with Crippen molar-refractivity contribution in [3.8, 4) is 5.69 Å². The first-order valence-electron chi connectivity index (χ1n) is 6.37. The molecule has 7 heteroatoms. The standard InChI is InChI=1S/C15H10ClFN4O/c16-12-8-10(6-7-13(12)17)19-15(22)14-9-18-21(20-14)11-4-2-1-3-5-11/h1-9H,(H,19,22). The van der Waals surface area contributed by atoms with Crippen molar-refractivity contribution in [1.82, 2.24) is 15.0 Å². The molecule has 0 saturated heterocycles. The summed E-state index contributed by atoms with van der Waals surface area (Å²) in [4.78, 5) is 13.4. The Labute approximate surface area is 130 Å². The highest BCUT2D eigenvalue weighted by Gasteiger charge is 2.12. The predicted molar refractivity (Wildman–Crippen MR) is 80.7 cm³/mol. The molecule has 3 aromatic rings. The topological polar surface area (TPSA) is 59.8 Å². The second kappa shape index (κ2) is 5.95. The van der Waals surface area contributed by atoms with E-state index in [1.165, 1.54) is 29.2 Å². The first-order chi connectivity index (χ1) is 10.6. The molecule has 1 amide bonds. The fourth-order valence-corrected chi connectivity index (χ4v) is 2.00. The van der Waals surface area contributed by atoms with Gasteiger partial charge in [-0.25, -0.2) is 4.39 Å². The molecule has 0 aliphatic carbocycles. The van der Waals surface area contributed by atoms with Gasteiger partial charge in [0.05, 0.1) is 16.9 Å². The van der Waals surface area contributed by atoms with Gasteiger partial charge in [-0.1, -0.05) is 29.8 Å². The molecule has 0 atom stereocenters. The minimum Gasteiger partial charge on any atom is -0.320 e. The van der Waals surface area contributed by atoms with Gasteiger partial charge in [0.15, 0.2) is 5.69 Å². The number of benzene rings is 2. The summed E-state index contributed by atoms with van der Waals surface area (Å²) < 4.78 is 13.1. The van der Waals surface area contributed by atoms with Crippen LogP contribution in [-0.4, -0.2) is 20.9 Å². The van der Waals surface area contributed by atoms with E-state index in [9.17, 15) is 9.18 Å². The summed E-state index contributed by atoms with van der Waals surface area (Å²) in [5.41, 5.74) is 1.27. The van der Waals surface area contributed by atoms with Gasteiger partial charge < -0.3 is 5.32 Å². The Kier molecular flexibility index (Phi) is 3.84. The van der Waals surface area contributed by atoms with Crippen molar-refractivity contribution in [2.24, 2.45) is 0 Å². The van der Waals surface area contributed by atoms with Gasteiger partial charge in [-0.3, -0.25) is 4.79 Å². The summed E-state index contributed by atoms with van der Waals surface area (Å²) in [6.45, 7) is 0. The molecule has 0 aliphatic heterocycles. The third kappa shape index (κ3) is 2.96. The third-order valence-corrected chi connectivity index (χ3v) is 3.18. The van der Waals surface area contributed by atoms with Crippen molar-refractivity contribution < 1.29 is 9.18 Å². The quantitative estimate of drug-likeness (QED) is 0.806. The minimum absolute atomic E-state index is 0.0641. The average Bonchev–Trinajstić information content (AvgIpc) is 3.02. The van der Waals surface area contributed by atoms with E-state index in [0.29, 0.717) is 5.69 Å². The van der Waals surface area contributed by atoms with Crippen LogP contribution in [0, 0.1) is 5.82 Å². The van der Waals surface area contributed by atoms with E-state index in [1.807, 2.05) is 30.3 Å². The minimum atomic E-state index is -0.547. The van der Waals surface area contributed by atoms with Crippen molar-refractivity contribution in [1.29, 1.82) is 0 Å². The number of hydrogen-bond donors (Lipinski definition) is 1. The predicted octanol–water partition coefficient (Wildman–Crippen LogP) is 3.31. The van der Waals surface area contributed by atoms with Crippen LogP contribution in [-0.2, 0) is 0 Å². The number of amides is 1. The first kappa shape index (κ1) is 14.2. The van der Waals surface area contributed by atoms with Crippen LogP contribution in [0.5, 0.6) is 0 Å². The van der Waals surface area contributed by atoms with Crippen LogP contribution in [0.15, 0.2) is 54.7 Å². The maximum Gasteiger partial charge on any atom is 0.277 e. The van der Waals surface area contributed by atoms with E-state index in [2.05, 4.69) is 15.5 Å². The van der Waals surface area contributed by atoms with Gasteiger partial charge in [-0.05, 0) is 30.3 Å². The summed E-state index contributed by atoms with van der Waals surface area (Å²) in [6, 6.07) is 13.1. The van der Waals surface area contributed by atoms with E-state index in [1.54, 1.807) is 0 Å². The van der Waals surface area contributed by atoms with E-state index >= 15 is 0 Å². The van der Waals surface area contributed by atoms with Crippen LogP contribution in [0.3, 0.4) is 0 Å². The molecule has 110 valence electrons. The van der Waals surface area contributed by atoms with E-state index in [-0.39, 0.29) is 10.7 Å². The summed E-state index contributed by atoms with van der Waals surface area (Å²) in [5, 5.41) is 10.7. The second-order valence-corrected chi connectivity index (χ2v) is 4.85. The van der Waals surface area contributed by atoms with E-state index < -0.39 is 11.7 Å². The fraction of sp³-hybridized carbons (Fsp3) is 0. The molecule has 5 nitrogen and oxygen atoms in total. The lowest BCUT2D eigenvalue weighted by atomic mass is 10.3. The second-order valence-electron chi connectivity index (χ2n) is 4.44. The Morgan fingerprint density at radius 1 is 1.18 bits per heavy atom. The van der Waals surface area contributed by atoms with Crippen LogP contribution in [0.1, 0.15) is 10.5 Å². The molecule has 2 aromatic carbocycles. The monoisotopic (exact) mass is 316 g/mol. The van der Waals surface area contributed by atoms with Gasteiger partial charge >= 0.3 is 0 Å². The Morgan fingerprint density at radius 3 is 2.68 bits per heavy atom. The molecule has 3 rings (SSSR count). The smallest absolute Gasteiger partial charge is 0.277 e. The number of carbonyl (C=O) groups is 1. The average molecular weight is 317 g/mol. The molecule has 0 unspecified atom stereocenters. The molecular formula is C15H10ClFN4O. The van der Waals surface area contributed by atoms with Crippen LogP contribution < -0.4 is 5.32 Å². The van der Waals surface area contributed by atoms with Crippen molar-refractivity contribution in [2.45, 2.75) is 0 Å². The molecule has 0 bridgehead atoms. The number of rotatable bonds is 3. The van der Waals surface area contributed by atoms with Gasteiger partial charge in [0.25, 0.3) is 5.91 Å². The largest absolute Gasteiger partial charge is 0.320 e. The highest BCUT2D eigenvalue weighted by molar-refractivity contribution is 6.31. The maximum atomic E-state index is 13.1. The Hall–Kier alpha value is -2.73. The zero-order chi connectivity index (χ0) is 15.5. The Balaban J connectivity index is 1.78.